The molecule has 0 spiro atoms. The van der Waals surface area contributed by atoms with Gasteiger partial charge in [0.25, 0.3) is 5.91 Å². The van der Waals surface area contributed by atoms with Gasteiger partial charge in [-0.15, -0.1) is 0 Å². The van der Waals surface area contributed by atoms with Crippen LogP contribution in [0.3, 0.4) is 0 Å². The van der Waals surface area contributed by atoms with Crippen LogP contribution in [-0.4, -0.2) is 22.9 Å². The maximum atomic E-state index is 12.5. The average Bonchev–Trinajstić information content (AvgIpc) is 2.71. The SMILES string of the molecule is CC(NC(=O)[C@@]12CCC1C(CBr)OO2)c1ccccc1. The number of benzene rings is 1. The molecule has 0 bridgehead atoms. The van der Waals surface area contributed by atoms with Gasteiger partial charge in [-0.1, -0.05) is 46.3 Å². The number of rotatable bonds is 4. The topological polar surface area (TPSA) is 47.6 Å². The van der Waals surface area contributed by atoms with E-state index in [4.69, 9.17) is 9.78 Å². The van der Waals surface area contributed by atoms with E-state index in [1.807, 2.05) is 37.3 Å². The summed E-state index contributed by atoms with van der Waals surface area (Å²) in [5, 5.41) is 3.74. The number of hydrogen-bond donors (Lipinski definition) is 1. The molecule has 1 heterocycles. The van der Waals surface area contributed by atoms with E-state index < -0.39 is 5.60 Å². The first-order chi connectivity index (χ1) is 9.67. The molecule has 4 atom stereocenters. The van der Waals surface area contributed by atoms with E-state index in [1.54, 1.807) is 0 Å². The molecule has 3 unspecified atom stereocenters. The molecule has 4 nitrogen and oxygen atoms in total. The molecule has 1 amide bonds. The van der Waals surface area contributed by atoms with Crippen LogP contribution in [-0.2, 0) is 14.6 Å². The summed E-state index contributed by atoms with van der Waals surface area (Å²) in [6, 6.07) is 9.89. The van der Waals surface area contributed by atoms with Crippen LogP contribution in [0.5, 0.6) is 0 Å². The second kappa shape index (κ2) is 5.47. The van der Waals surface area contributed by atoms with Gasteiger partial charge < -0.3 is 5.32 Å². The predicted octanol–water partition coefficient (Wildman–Crippen LogP) is 2.74. The highest BCUT2D eigenvalue weighted by Gasteiger charge is 2.63. The fraction of sp³-hybridized carbons (Fsp3) is 0.533. The summed E-state index contributed by atoms with van der Waals surface area (Å²) < 4.78 is 0. The molecule has 1 aromatic carbocycles. The number of amides is 1. The Bertz CT molecular complexity index is 495. The summed E-state index contributed by atoms with van der Waals surface area (Å²) in [7, 11) is 0. The highest BCUT2D eigenvalue weighted by atomic mass is 79.9. The Kier molecular flexibility index (Phi) is 3.84. The molecule has 1 aliphatic carbocycles. The van der Waals surface area contributed by atoms with Crippen molar-refractivity contribution in [3.63, 3.8) is 0 Å². The van der Waals surface area contributed by atoms with E-state index in [0.717, 1.165) is 18.4 Å². The molecule has 3 rings (SSSR count). The van der Waals surface area contributed by atoms with Crippen molar-refractivity contribution in [2.24, 2.45) is 5.92 Å². The Labute approximate surface area is 126 Å². The van der Waals surface area contributed by atoms with Gasteiger partial charge in [0, 0.05) is 11.2 Å². The van der Waals surface area contributed by atoms with Gasteiger partial charge in [-0.25, -0.2) is 9.78 Å². The van der Waals surface area contributed by atoms with Gasteiger partial charge >= 0.3 is 0 Å². The smallest absolute Gasteiger partial charge is 0.256 e. The van der Waals surface area contributed by atoms with E-state index in [2.05, 4.69) is 21.2 Å². The molecule has 1 saturated carbocycles. The van der Waals surface area contributed by atoms with E-state index >= 15 is 0 Å². The lowest BCUT2D eigenvalue weighted by Gasteiger charge is -2.40. The zero-order valence-electron chi connectivity index (χ0n) is 11.3. The minimum Gasteiger partial charge on any atom is -0.347 e. The molecular formula is C15H18BrNO3. The third-order valence-corrected chi connectivity index (χ3v) is 5.02. The number of carbonyl (C=O) groups excluding carboxylic acids is 1. The van der Waals surface area contributed by atoms with Crippen LogP contribution in [0.15, 0.2) is 30.3 Å². The Hall–Kier alpha value is -0.910. The fourth-order valence-corrected chi connectivity index (χ4v) is 3.53. The third-order valence-electron chi connectivity index (χ3n) is 4.38. The summed E-state index contributed by atoms with van der Waals surface area (Å²) in [6.45, 7) is 1.98. The van der Waals surface area contributed by atoms with Crippen LogP contribution < -0.4 is 5.32 Å². The standard InChI is InChI=1S/C15H18BrNO3/c1-10(11-5-3-2-4-6-11)17-14(18)15-8-7-12(15)13(9-16)19-20-15/h2-6,10,12-13H,7-9H2,1H3,(H,17,18)/t10?,12?,13?,15-/m1/s1. The van der Waals surface area contributed by atoms with Crippen molar-refractivity contribution in [3.05, 3.63) is 35.9 Å². The first-order valence-corrected chi connectivity index (χ1v) is 8.06. The van der Waals surface area contributed by atoms with Crippen molar-refractivity contribution in [2.45, 2.75) is 37.5 Å². The number of halogens is 1. The van der Waals surface area contributed by atoms with Gasteiger partial charge in [0.2, 0.25) is 0 Å². The molecule has 1 aliphatic heterocycles. The van der Waals surface area contributed by atoms with Crippen LogP contribution in [0.2, 0.25) is 0 Å². The van der Waals surface area contributed by atoms with Gasteiger partial charge in [-0.3, -0.25) is 4.79 Å². The lowest BCUT2D eigenvalue weighted by molar-refractivity contribution is -0.320. The first kappa shape index (κ1) is 14.0. The Morgan fingerprint density at radius 2 is 2.25 bits per heavy atom. The maximum absolute atomic E-state index is 12.5. The van der Waals surface area contributed by atoms with Crippen molar-refractivity contribution in [2.75, 3.05) is 5.33 Å². The number of hydrogen-bond acceptors (Lipinski definition) is 3. The third kappa shape index (κ3) is 2.18. The molecule has 2 aliphatic rings. The molecule has 20 heavy (non-hydrogen) atoms. The van der Waals surface area contributed by atoms with Crippen molar-refractivity contribution in [1.29, 1.82) is 0 Å². The Morgan fingerprint density at radius 3 is 2.85 bits per heavy atom. The molecule has 1 aromatic rings. The van der Waals surface area contributed by atoms with Crippen molar-refractivity contribution < 1.29 is 14.6 Å². The minimum absolute atomic E-state index is 0.0264. The highest BCUT2D eigenvalue weighted by Crippen LogP contribution is 2.50. The highest BCUT2D eigenvalue weighted by molar-refractivity contribution is 9.09. The zero-order chi connectivity index (χ0) is 14.2. The largest absolute Gasteiger partial charge is 0.347 e. The van der Waals surface area contributed by atoms with Crippen LogP contribution >= 0.6 is 15.9 Å². The van der Waals surface area contributed by atoms with Crippen LogP contribution in [0.25, 0.3) is 0 Å². The van der Waals surface area contributed by atoms with Gasteiger partial charge in [0.1, 0.15) is 6.10 Å². The summed E-state index contributed by atoms with van der Waals surface area (Å²) in [5.74, 6) is 0.0957. The number of fused-ring (bicyclic) bond motifs is 1. The molecule has 1 N–H and O–H groups in total. The quantitative estimate of drug-likeness (QED) is 0.677. The molecular weight excluding hydrogens is 322 g/mol. The average molecular weight is 340 g/mol. The monoisotopic (exact) mass is 339 g/mol. The van der Waals surface area contributed by atoms with Crippen LogP contribution in [0, 0.1) is 5.92 Å². The van der Waals surface area contributed by atoms with Gasteiger partial charge in [-0.2, -0.15) is 0 Å². The number of alkyl halides is 1. The maximum Gasteiger partial charge on any atom is 0.256 e. The van der Waals surface area contributed by atoms with Crippen molar-refractivity contribution in [3.8, 4) is 0 Å². The van der Waals surface area contributed by atoms with Crippen LogP contribution in [0.1, 0.15) is 31.4 Å². The van der Waals surface area contributed by atoms with Crippen LogP contribution in [0.4, 0.5) is 0 Å². The molecule has 108 valence electrons. The molecule has 5 heteroatoms. The van der Waals surface area contributed by atoms with E-state index in [0.29, 0.717) is 5.33 Å². The second-order valence-corrected chi connectivity index (χ2v) is 6.16. The van der Waals surface area contributed by atoms with Gasteiger partial charge in [-0.05, 0) is 25.3 Å². The van der Waals surface area contributed by atoms with E-state index in [-0.39, 0.29) is 24.0 Å². The summed E-state index contributed by atoms with van der Waals surface area (Å²) >= 11 is 3.40. The normalized spacial score (nSPS) is 33.1. The van der Waals surface area contributed by atoms with Crippen molar-refractivity contribution in [1.82, 2.24) is 5.32 Å². The predicted molar refractivity (Wildman–Crippen MR) is 78.2 cm³/mol. The minimum atomic E-state index is -0.776. The lowest BCUT2D eigenvalue weighted by atomic mass is 9.67. The molecule has 0 radical (unpaired) electrons. The Balaban J connectivity index is 1.68. The number of carbonyl (C=O) groups is 1. The summed E-state index contributed by atoms with van der Waals surface area (Å²) in [5.41, 5.74) is 0.311. The summed E-state index contributed by atoms with van der Waals surface area (Å²) in [4.78, 5) is 23.2. The zero-order valence-corrected chi connectivity index (χ0v) is 12.9. The van der Waals surface area contributed by atoms with E-state index in [1.165, 1.54) is 0 Å². The molecule has 2 fully saturated rings. The first-order valence-electron chi connectivity index (χ1n) is 6.94. The molecule has 1 saturated heterocycles. The van der Waals surface area contributed by atoms with Gasteiger partial charge in [0.05, 0.1) is 6.04 Å². The fourth-order valence-electron chi connectivity index (χ4n) is 2.97. The molecule has 0 aromatic heterocycles. The second-order valence-electron chi connectivity index (χ2n) is 5.51. The summed E-state index contributed by atoms with van der Waals surface area (Å²) in [6.07, 6.45) is 1.68. The lowest BCUT2D eigenvalue weighted by Crippen LogP contribution is -2.58. The van der Waals surface area contributed by atoms with E-state index in [9.17, 15) is 4.79 Å². The van der Waals surface area contributed by atoms with Crippen molar-refractivity contribution >= 4 is 21.8 Å². The number of nitrogens with one attached hydrogen (secondary N) is 1. The van der Waals surface area contributed by atoms with Gasteiger partial charge in [0.15, 0.2) is 5.60 Å². The Morgan fingerprint density at radius 1 is 1.50 bits per heavy atom.